The van der Waals surface area contributed by atoms with Gasteiger partial charge in [-0.3, -0.25) is 37.3 Å². The third kappa shape index (κ3) is 65.7. The van der Waals surface area contributed by atoms with E-state index in [-0.39, 0.29) is 25.7 Å². The molecule has 3 N–H and O–H groups in total. The lowest BCUT2D eigenvalue weighted by atomic mass is 10.1. The zero-order valence-electron chi connectivity index (χ0n) is 58.5. The standard InChI is InChI=1S/C73H134O17P2/c1-5-9-13-17-21-25-29-31-33-35-39-41-45-49-53-57-70(75)83-63-68(89-72(77)59-55-51-47-43-37-27-23-19-15-11-7-3)65-87-91(79,80)85-61-67(74)62-86-92(81,82)88-66-69(90-73(78)60-56-52-48-44-38-28-24-20-16-12-8-4)64-84-71(76)58-54-50-46-42-40-36-34-32-30-26-22-18-14-10-6-2/h21-22,25-26,31-34,67-69,74H,5-20,23-24,27-30,35-66H2,1-4H3,(H,79,80)(H,81,82)/b25-21-,26-22-,33-31-,34-32-. The summed E-state index contributed by atoms with van der Waals surface area (Å²) < 4.78 is 68.3. The Morgan fingerprint density at radius 1 is 0.304 bits per heavy atom. The quantitative estimate of drug-likeness (QED) is 0.0169. The van der Waals surface area contributed by atoms with Crippen LogP contribution in [0.1, 0.15) is 336 Å². The second kappa shape index (κ2) is 66.6. The maximum Gasteiger partial charge on any atom is 0.472 e. The molecule has 0 spiro atoms. The Morgan fingerprint density at radius 3 is 0.826 bits per heavy atom. The van der Waals surface area contributed by atoms with Gasteiger partial charge in [-0.15, -0.1) is 0 Å². The number of rotatable bonds is 70. The SMILES string of the molecule is CCCCC/C=C\C/C=C\CCCCCCCC(=O)OCC(COP(=O)(O)OCC(O)COP(=O)(O)OCC(COC(=O)CCCCCCC/C=C\C/C=C\CCCCC)OC(=O)CCCCCCCCCCCCC)OC(=O)CCCCCCCCCCCCC. The van der Waals surface area contributed by atoms with Gasteiger partial charge in [-0.25, -0.2) is 9.13 Å². The highest BCUT2D eigenvalue weighted by Crippen LogP contribution is 2.45. The van der Waals surface area contributed by atoms with Gasteiger partial charge in [-0.2, -0.15) is 0 Å². The van der Waals surface area contributed by atoms with Crippen molar-refractivity contribution >= 4 is 39.5 Å². The third-order valence-corrected chi connectivity index (χ3v) is 17.7. The van der Waals surface area contributed by atoms with Crippen molar-refractivity contribution in [2.45, 2.75) is 354 Å². The van der Waals surface area contributed by atoms with Crippen LogP contribution in [-0.2, 0) is 65.4 Å². The van der Waals surface area contributed by atoms with Crippen LogP contribution in [0.25, 0.3) is 0 Å². The number of allylic oxidation sites excluding steroid dienone is 8. The number of phosphoric ester groups is 2. The molecular formula is C73H134O17P2. The van der Waals surface area contributed by atoms with Crippen molar-refractivity contribution in [1.29, 1.82) is 0 Å². The van der Waals surface area contributed by atoms with Crippen LogP contribution >= 0.6 is 15.6 Å². The van der Waals surface area contributed by atoms with Crippen LogP contribution in [0.3, 0.4) is 0 Å². The molecule has 0 amide bonds. The molecule has 92 heavy (non-hydrogen) atoms. The number of aliphatic hydroxyl groups is 1. The van der Waals surface area contributed by atoms with Crippen molar-refractivity contribution in [2.75, 3.05) is 39.6 Å². The van der Waals surface area contributed by atoms with Crippen LogP contribution in [0, 0.1) is 0 Å². The summed E-state index contributed by atoms with van der Waals surface area (Å²) in [5.41, 5.74) is 0. The molecule has 0 saturated carbocycles. The molecule has 0 aliphatic heterocycles. The summed E-state index contributed by atoms with van der Waals surface area (Å²) in [6.45, 7) is 4.81. The van der Waals surface area contributed by atoms with Crippen molar-refractivity contribution in [3.05, 3.63) is 48.6 Å². The van der Waals surface area contributed by atoms with E-state index in [9.17, 15) is 43.2 Å². The van der Waals surface area contributed by atoms with Crippen molar-refractivity contribution in [2.24, 2.45) is 0 Å². The summed E-state index contributed by atoms with van der Waals surface area (Å²) in [5, 5.41) is 10.6. The Morgan fingerprint density at radius 2 is 0.533 bits per heavy atom. The molecule has 0 aliphatic rings. The minimum Gasteiger partial charge on any atom is -0.462 e. The molecule has 0 aromatic carbocycles. The van der Waals surface area contributed by atoms with Gasteiger partial charge in [0.1, 0.15) is 19.3 Å². The minimum absolute atomic E-state index is 0.0985. The molecule has 0 aromatic heterocycles. The topological polar surface area (TPSA) is 237 Å². The Labute approximate surface area is 559 Å². The lowest BCUT2D eigenvalue weighted by Gasteiger charge is -2.21. The first-order valence-corrected chi connectivity index (χ1v) is 39.9. The first-order valence-electron chi connectivity index (χ1n) is 36.9. The number of unbranched alkanes of at least 4 members (excludes halogenated alkanes) is 36. The molecular weight excluding hydrogens is 1210 g/mol. The fraction of sp³-hybridized carbons (Fsp3) is 0.836. The van der Waals surface area contributed by atoms with Gasteiger partial charge in [0.25, 0.3) is 0 Å². The first-order chi connectivity index (χ1) is 44.7. The average Bonchev–Trinajstić information content (AvgIpc) is 2.55. The van der Waals surface area contributed by atoms with E-state index in [1.165, 1.54) is 116 Å². The molecule has 0 saturated heterocycles. The van der Waals surface area contributed by atoms with Crippen LogP contribution in [0.5, 0.6) is 0 Å². The van der Waals surface area contributed by atoms with Gasteiger partial charge in [-0.1, -0.05) is 269 Å². The summed E-state index contributed by atoms with van der Waals surface area (Å²) in [7, 11) is -9.92. The molecule has 17 nitrogen and oxygen atoms in total. The van der Waals surface area contributed by atoms with Crippen LogP contribution in [0.4, 0.5) is 0 Å². The van der Waals surface area contributed by atoms with E-state index in [1.54, 1.807) is 0 Å². The highest BCUT2D eigenvalue weighted by atomic mass is 31.2. The molecule has 0 rings (SSSR count). The molecule has 0 radical (unpaired) electrons. The molecule has 4 atom stereocenters. The van der Waals surface area contributed by atoms with Crippen LogP contribution in [-0.4, -0.2) is 96.7 Å². The highest BCUT2D eigenvalue weighted by Gasteiger charge is 2.30. The van der Waals surface area contributed by atoms with Crippen molar-refractivity contribution in [3.8, 4) is 0 Å². The molecule has 0 aliphatic carbocycles. The van der Waals surface area contributed by atoms with Crippen LogP contribution < -0.4 is 0 Å². The zero-order chi connectivity index (χ0) is 67.5. The summed E-state index contributed by atoms with van der Waals surface area (Å²) >= 11 is 0. The number of carbonyl (C=O) groups is 4. The maximum absolute atomic E-state index is 13.0. The number of hydrogen-bond donors (Lipinski definition) is 3. The van der Waals surface area contributed by atoms with E-state index in [0.717, 1.165) is 141 Å². The van der Waals surface area contributed by atoms with E-state index in [4.69, 9.17) is 37.0 Å². The van der Waals surface area contributed by atoms with E-state index in [1.807, 2.05) is 0 Å². The number of carbonyl (C=O) groups excluding carboxylic acids is 4. The summed E-state index contributed by atoms with van der Waals surface area (Å²) in [5.74, 6) is -2.17. The monoisotopic (exact) mass is 1340 g/mol. The minimum atomic E-state index is -4.96. The van der Waals surface area contributed by atoms with Gasteiger partial charge in [0, 0.05) is 25.7 Å². The van der Waals surface area contributed by atoms with Gasteiger partial charge in [0.05, 0.1) is 26.4 Å². The van der Waals surface area contributed by atoms with Gasteiger partial charge < -0.3 is 33.8 Å². The number of hydrogen-bond acceptors (Lipinski definition) is 15. The lowest BCUT2D eigenvalue weighted by molar-refractivity contribution is -0.161. The Bertz CT molecular complexity index is 1810. The van der Waals surface area contributed by atoms with Crippen molar-refractivity contribution < 1.29 is 80.2 Å². The Hall–Kier alpha value is -2.98. The fourth-order valence-corrected chi connectivity index (χ4v) is 11.7. The predicted molar refractivity (Wildman–Crippen MR) is 372 cm³/mol. The molecule has 0 fully saturated rings. The Balaban J connectivity index is 5.28. The number of phosphoric acid groups is 2. The Kier molecular flexibility index (Phi) is 64.5. The van der Waals surface area contributed by atoms with E-state index < -0.39 is 97.5 Å². The molecule has 0 aromatic rings. The largest absolute Gasteiger partial charge is 0.472 e. The maximum atomic E-state index is 13.0. The van der Waals surface area contributed by atoms with Crippen molar-refractivity contribution in [3.63, 3.8) is 0 Å². The third-order valence-electron chi connectivity index (χ3n) is 15.8. The normalized spacial score (nSPS) is 14.3. The fourth-order valence-electron chi connectivity index (χ4n) is 10.1. The van der Waals surface area contributed by atoms with Gasteiger partial charge >= 0.3 is 39.5 Å². The zero-order valence-corrected chi connectivity index (χ0v) is 60.3. The first kappa shape index (κ1) is 89.0. The van der Waals surface area contributed by atoms with Crippen LogP contribution in [0.2, 0.25) is 0 Å². The van der Waals surface area contributed by atoms with Crippen molar-refractivity contribution in [1.82, 2.24) is 0 Å². The molecule has 0 heterocycles. The van der Waals surface area contributed by atoms with Gasteiger partial charge in [0.15, 0.2) is 12.2 Å². The number of ether oxygens (including phenoxy) is 4. The van der Waals surface area contributed by atoms with Gasteiger partial charge in [0.2, 0.25) is 0 Å². The average molecular weight is 1350 g/mol. The molecule has 538 valence electrons. The second-order valence-electron chi connectivity index (χ2n) is 24.9. The summed E-state index contributed by atoms with van der Waals surface area (Å²) in [6, 6.07) is 0. The summed E-state index contributed by atoms with van der Waals surface area (Å²) in [6.07, 6.45) is 61.1. The molecule has 4 unspecified atom stereocenters. The lowest BCUT2D eigenvalue weighted by Crippen LogP contribution is -2.30. The van der Waals surface area contributed by atoms with Crippen LogP contribution in [0.15, 0.2) is 48.6 Å². The second-order valence-corrected chi connectivity index (χ2v) is 27.8. The number of aliphatic hydroxyl groups excluding tert-OH is 1. The summed E-state index contributed by atoms with van der Waals surface area (Å²) in [4.78, 5) is 72.6. The predicted octanol–water partition coefficient (Wildman–Crippen LogP) is 20.6. The van der Waals surface area contributed by atoms with E-state index in [2.05, 4.69) is 76.3 Å². The molecule has 19 heteroatoms. The van der Waals surface area contributed by atoms with E-state index >= 15 is 0 Å². The highest BCUT2D eigenvalue weighted by molar-refractivity contribution is 7.47. The van der Waals surface area contributed by atoms with Gasteiger partial charge in [-0.05, 0) is 89.9 Å². The van der Waals surface area contributed by atoms with E-state index in [0.29, 0.717) is 25.7 Å². The number of esters is 4. The molecule has 0 bridgehead atoms. The smallest absolute Gasteiger partial charge is 0.462 e.